The molecule has 126 valence electrons. The molecule has 0 radical (unpaired) electrons. The standard InChI is InChI=1S/C20H18N2O3/c23-13-18-21-12-16(20(25)22-18)11-17(24)19(14-7-3-1-4-8-14)15-9-5-2-6-10-15/h1-10,12,19,23H,11,13H2,(H,21,22,25). The largest absolute Gasteiger partial charge is 0.388 e. The van der Waals surface area contributed by atoms with Gasteiger partial charge in [-0.05, 0) is 11.1 Å². The molecule has 5 heteroatoms. The number of hydrogen-bond acceptors (Lipinski definition) is 4. The van der Waals surface area contributed by atoms with E-state index in [0.717, 1.165) is 11.1 Å². The van der Waals surface area contributed by atoms with Crippen LogP contribution in [0, 0.1) is 0 Å². The molecule has 0 saturated carbocycles. The summed E-state index contributed by atoms with van der Waals surface area (Å²) in [5, 5.41) is 9.02. The Labute approximate surface area is 145 Å². The van der Waals surface area contributed by atoms with E-state index in [0.29, 0.717) is 5.56 Å². The molecule has 25 heavy (non-hydrogen) atoms. The van der Waals surface area contributed by atoms with E-state index >= 15 is 0 Å². The van der Waals surface area contributed by atoms with E-state index in [9.17, 15) is 9.59 Å². The highest BCUT2D eigenvalue weighted by atomic mass is 16.3. The third kappa shape index (κ3) is 3.89. The Bertz CT molecular complexity index is 865. The van der Waals surface area contributed by atoms with Gasteiger partial charge < -0.3 is 10.1 Å². The number of benzene rings is 2. The number of carbonyl (C=O) groups excluding carboxylic acids is 1. The van der Waals surface area contributed by atoms with Crippen molar-refractivity contribution in [3.05, 3.63) is 99.7 Å². The Balaban J connectivity index is 1.94. The maximum Gasteiger partial charge on any atom is 0.254 e. The van der Waals surface area contributed by atoms with Crippen molar-refractivity contribution >= 4 is 5.78 Å². The number of carbonyl (C=O) groups is 1. The molecule has 5 nitrogen and oxygen atoms in total. The highest BCUT2D eigenvalue weighted by Crippen LogP contribution is 2.26. The summed E-state index contributed by atoms with van der Waals surface area (Å²) in [4.78, 5) is 31.5. The quantitative estimate of drug-likeness (QED) is 0.724. The molecule has 3 rings (SSSR count). The van der Waals surface area contributed by atoms with Gasteiger partial charge in [0.2, 0.25) is 0 Å². The van der Waals surface area contributed by atoms with Crippen molar-refractivity contribution in [1.82, 2.24) is 9.97 Å². The molecular formula is C20H18N2O3. The summed E-state index contributed by atoms with van der Waals surface area (Å²) < 4.78 is 0. The van der Waals surface area contributed by atoms with Crippen LogP contribution in [0.4, 0.5) is 0 Å². The number of rotatable bonds is 6. The Morgan fingerprint density at radius 2 is 1.56 bits per heavy atom. The molecule has 0 bridgehead atoms. The number of aromatic amines is 1. The van der Waals surface area contributed by atoms with E-state index in [-0.39, 0.29) is 24.6 Å². The highest BCUT2D eigenvalue weighted by Gasteiger charge is 2.23. The lowest BCUT2D eigenvalue weighted by Crippen LogP contribution is -2.23. The summed E-state index contributed by atoms with van der Waals surface area (Å²) in [5.41, 5.74) is 1.66. The van der Waals surface area contributed by atoms with Gasteiger partial charge in [0.1, 0.15) is 18.2 Å². The maximum absolute atomic E-state index is 13.0. The highest BCUT2D eigenvalue weighted by molar-refractivity contribution is 5.90. The second kappa shape index (κ2) is 7.68. The zero-order chi connectivity index (χ0) is 17.6. The lowest BCUT2D eigenvalue weighted by Gasteiger charge is -2.17. The van der Waals surface area contributed by atoms with Gasteiger partial charge in [-0.1, -0.05) is 60.7 Å². The van der Waals surface area contributed by atoms with Gasteiger partial charge in [0.25, 0.3) is 5.56 Å². The molecule has 0 aliphatic carbocycles. The first-order chi connectivity index (χ1) is 12.2. The van der Waals surface area contributed by atoms with Crippen LogP contribution < -0.4 is 5.56 Å². The maximum atomic E-state index is 13.0. The van der Waals surface area contributed by atoms with Crippen molar-refractivity contribution in [2.24, 2.45) is 0 Å². The number of aliphatic hydroxyl groups excluding tert-OH is 1. The van der Waals surface area contributed by atoms with Crippen molar-refractivity contribution in [1.29, 1.82) is 0 Å². The minimum absolute atomic E-state index is 0.0253. The molecule has 0 atom stereocenters. The van der Waals surface area contributed by atoms with Crippen LogP contribution in [0.3, 0.4) is 0 Å². The normalized spacial score (nSPS) is 10.8. The zero-order valence-corrected chi connectivity index (χ0v) is 13.6. The van der Waals surface area contributed by atoms with Crippen molar-refractivity contribution in [2.75, 3.05) is 0 Å². The third-order valence-corrected chi connectivity index (χ3v) is 4.03. The summed E-state index contributed by atoms with van der Waals surface area (Å²) in [6, 6.07) is 19.0. The molecule has 0 aliphatic heterocycles. The van der Waals surface area contributed by atoms with E-state index in [1.165, 1.54) is 6.20 Å². The number of nitrogens with one attached hydrogen (secondary N) is 1. The van der Waals surface area contributed by atoms with Gasteiger partial charge >= 0.3 is 0 Å². The number of nitrogens with zero attached hydrogens (tertiary/aromatic N) is 1. The van der Waals surface area contributed by atoms with Gasteiger partial charge in [0.05, 0.1) is 5.92 Å². The molecule has 2 aromatic carbocycles. The number of ketones is 1. The predicted octanol–water partition coefficient (Wildman–Crippen LogP) is 2.21. The average Bonchev–Trinajstić information content (AvgIpc) is 2.65. The van der Waals surface area contributed by atoms with E-state index in [1.54, 1.807) is 0 Å². The van der Waals surface area contributed by atoms with Crippen LogP contribution in [0.25, 0.3) is 0 Å². The van der Waals surface area contributed by atoms with Crippen LogP contribution in [-0.2, 0) is 17.8 Å². The summed E-state index contributed by atoms with van der Waals surface area (Å²) in [7, 11) is 0. The van der Waals surface area contributed by atoms with Gasteiger partial charge in [0, 0.05) is 18.2 Å². The number of aromatic nitrogens is 2. The van der Waals surface area contributed by atoms with Gasteiger partial charge in [-0.3, -0.25) is 9.59 Å². The molecular weight excluding hydrogens is 316 g/mol. The first-order valence-electron chi connectivity index (χ1n) is 7.99. The lowest BCUT2D eigenvalue weighted by molar-refractivity contribution is -0.119. The summed E-state index contributed by atoms with van der Waals surface area (Å²) in [6.07, 6.45) is 1.33. The van der Waals surface area contributed by atoms with Crippen LogP contribution in [0.2, 0.25) is 0 Å². The van der Waals surface area contributed by atoms with Crippen molar-refractivity contribution in [3.8, 4) is 0 Å². The Morgan fingerprint density at radius 3 is 2.04 bits per heavy atom. The fraction of sp³-hybridized carbons (Fsp3) is 0.150. The zero-order valence-electron chi connectivity index (χ0n) is 13.6. The average molecular weight is 334 g/mol. The van der Waals surface area contributed by atoms with Gasteiger partial charge in [-0.2, -0.15) is 0 Å². The van der Waals surface area contributed by atoms with Gasteiger partial charge in [-0.15, -0.1) is 0 Å². The van der Waals surface area contributed by atoms with Crippen LogP contribution in [0.15, 0.2) is 71.7 Å². The lowest BCUT2D eigenvalue weighted by atomic mass is 9.85. The molecule has 0 fully saturated rings. The molecule has 1 aromatic heterocycles. The number of H-pyrrole nitrogens is 1. The second-order valence-electron chi connectivity index (χ2n) is 5.74. The molecule has 2 N–H and O–H groups in total. The van der Waals surface area contributed by atoms with Crippen LogP contribution in [0.5, 0.6) is 0 Å². The topological polar surface area (TPSA) is 83.0 Å². The van der Waals surface area contributed by atoms with Gasteiger partial charge in [0.15, 0.2) is 0 Å². The molecule has 0 amide bonds. The Morgan fingerprint density at radius 1 is 1.00 bits per heavy atom. The number of Topliss-reactive ketones (excluding diaryl/α,β-unsaturated/α-hetero) is 1. The van der Waals surface area contributed by atoms with Crippen LogP contribution in [-0.4, -0.2) is 20.9 Å². The van der Waals surface area contributed by atoms with Gasteiger partial charge in [-0.25, -0.2) is 4.98 Å². The molecule has 0 aliphatic rings. The van der Waals surface area contributed by atoms with E-state index in [4.69, 9.17) is 5.11 Å². The van der Waals surface area contributed by atoms with Crippen LogP contribution >= 0.6 is 0 Å². The molecule has 3 aromatic rings. The fourth-order valence-electron chi connectivity index (χ4n) is 2.81. The Kier molecular flexibility index (Phi) is 5.16. The summed E-state index contributed by atoms with van der Waals surface area (Å²) in [5.74, 6) is -0.343. The fourth-order valence-corrected chi connectivity index (χ4v) is 2.81. The van der Waals surface area contributed by atoms with E-state index < -0.39 is 11.5 Å². The minimum Gasteiger partial charge on any atom is -0.388 e. The minimum atomic E-state index is -0.445. The van der Waals surface area contributed by atoms with E-state index in [1.807, 2.05) is 60.7 Å². The molecule has 0 saturated heterocycles. The van der Waals surface area contributed by atoms with Crippen molar-refractivity contribution < 1.29 is 9.90 Å². The molecule has 0 unspecified atom stereocenters. The number of aliphatic hydroxyl groups is 1. The first-order valence-corrected chi connectivity index (χ1v) is 7.99. The second-order valence-corrected chi connectivity index (χ2v) is 5.74. The molecule has 0 spiro atoms. The van der Waals surface area contributed by atoms with Crippen molar-refractivity contribution in [3.63, 3.8) is 0 Å². The van der Waals surface area contributed by atoms with E-state index in [2.05, 4.69) is 9.97 Å². The molecule has 1 heterocycles. The first kappa shape index (κ1) is 16.8. The van der Waals surface area contributed by atoms with Crippen LogP contribution in [0.1, 0.15) is 28.4 Å². The Hall–Kier alpha value is -3.05. The summed E-state index contributed by atoms with van der Waals surface area (Å²) in [6.45, 7) is -0.347. The smallest absolute Gasteiger partial charge is 0.254 e. The number of hydrogen-bond donors (Lipinski definition) is 2. The third-order valence-electron chi connectivity index (χ3n) is 4.03. The monoisotopic (exact) mass is 334 g/mol. The van der Waals surface area contributed by atoms with Crippen molar-refractivity contribution in [2.45, 2.75) is 18.9 Å². The predicted molar refractivity (Wildman–Crippen MR) is 94.2 cm³/mol. The summed E-state index contributed by atoms with van der Waals surface area (Å²) >= 11 is 0. The SMILES string of the molecule is O=C(Cc1cnc(CO)[nH]c1=O)C(c1ccccc1)c1ccccc1.